The van der Waals surface area contributed by atoms with Crippen molar-refractivity contribution in [2.75, 3.05) is 7.11 Å². The Kier molecular flexibility index (Phi) is 4.26. The summed E-state index contributed by atoms with van der Waals surface area (Å²) in [5.41, 5.74) is 1.40. The van der Waals surface area contributed by atoms with E-state index in [9.17, 15) is 18.3 Å². The number of hydrogen-bond acceptors (Lipinski definition) is 6. The maximum absolute atomic E-state index is 13.0. The average Bonchev–Trinajstić information content (AvgIpc) is 3.15. The molecule has 1 N–H and O–H groups in total. The molecule has 144 valence electrons. The fraction of sp³-hybridized carbons (Fsp3) is 0.353. The molecule has 3 rings (SSSR count). The van der Waals surface area contributed by atoms with Crippen LogP contribution in [0.4, 0.5) is 0 Å². The first-order valence-corrected chi connectivity index (χ1v) is 9.53. The zero-order chi connectivity index (χ0) is 20.1. The molecule has 0 atom stereocenters. The lowest BCUT2D eigenvalue weighted by Gasteiger charge is -2.21. The molecule has 3 aromatic heterocycles. The van der Waals surface area contributed by atoms with Crippen LogP contribution < -0.4 is 4.74 Å². The minimum atomic E-state index is -3.69. The fourth-order valence-electron chi connectivity index (χ4n) is 2.68. The largest absolute Gasteiger partial charge is 0.494 e. The third kappa shape index (κ3) is 2.95. The van der Waals surface area contributed by atoms with E-state index in [1.54, 1.807) is 20.8 Å². The van der Waals surface area contributed by atoms with Crippen molar-refractivity contribution >= 4 is 21.3 Å². The van der Waals surface area contributed by atoms with Crippen LogP contribution in [-0.2, 0) is 16.9 Å². The van der Waals surface area contributed by atoms with Gasteiger partial charge in [0.25, 0.3) is 0 Å². The molecule has 3 aromatic rings. The number of carbonyl (C=O) groups is 1. The Labute approximate surface area is 156 Å². The van der Waals surface area contributed by atoms with E-state index in [1.165, 1.54) is 47.9 Å². The Bertz CT molecular complexity index is 1150. The topological polar surface area (TPSA) is 116 Å². The summed E-state index contributed by atoms with van der Waals surface area (Å²) in [4.78, 5) is 11.3. The highest BCUT2D eigenvalue weighted by atomic mass is 32.2. The van der Waals surface area contributed by atoms with Crippen molar-refractivity contribution in [2.45, 2.75) is 30.4 Å². The second-order valence-electron chi connectivity index (χ2n) is 7.05. The van der Waals surface area contributed by atoms with Crippen LogP contribution in [0.3, 0.4) is 0 Å². The summed E-state index contributed by atoms with van der Waals surface area (Å²) in [6.07, 6.45) is 2.99. The molecule has 0 aliphatic carbocycles. The van der Waals surface area contributed by atoms with Gasteiger partial charge in [-0.1, -0.05) is 0 Å². The summed E-state index contributed by atoms with van der Waals surface area (Å²) < 4.78 is 32.9. The summed E-state index contributed by atoms with van der Waals surface area (Å²) in [6.45, 7) is 4.84. The molecular formula is C17H20N4O5S. The zero-order valence-electron chi connectivity index (χ0n) is 15.6. The molecular weight excluding hydrogens is 372 g/mol. The van der Waals surface area contributed by atoms with Gasteiger partial charge in [0.05, 0.1) is 35.5 Å². The van der Waals surface area contributed by atoms with E-state index >= 15 is 0 Å². The monoisotopic (exact) mass is 392 g/mol. The minimum absolute atomic E-state index is 0.0143. The van der Waals surface area contributed by atoms with Crippen molar-refractivity contribution < 1.29 is 23.1 Å². The van der Waals surface area contributed by atoms with Gasteiger partial charge >= 0.3 is 5.97 Å². The molecule has 0 amide bonds. The Morgan fingerprint density at radius 2 is 1.93 bits per heavy atom. The number of carboxylic acids is 1. The van der Waals surface area contributed by atoms with Gasteiger partial charge in [0.1, 0.15) is 10.6 Å². The summed E-state index contributed by atoms with van der Waals surface area (Å²) in [5.74, 6) is -0.926. The second-order valence-corrected chi connectivity index (χ2v) is 9.72. The summed E-state index contributed by atoms with van der Waals surface area (Å²) >= 11 is 0. The van der Waals surface area contributed by atoms with E-state index in [0.717, 1.165) is 0 Å². The first-order valence-electron chi connectivity index (χ1n) is 8.05. The van der Waals surface area contributed by atoms with E-state index in [2.05, 4.69) is 10.2 Å². The molecule has 27 heavy (non-hydrogen) atoms. The van der Waals surface area contributed by atoms with Crippen molar-refractivity contribution in [2.24, 2.45) is 7.05 Å². The van der Waals surface area contributed by atoms with Gasteiger partial charge in [0.15, 0.2) is 15.6 Å². The number of methoxy groups -OCH3 is 1. The van der Waals surface area contributed by atoms with E-state index < -0.39 is 20.6 Å². The van der Waals surface area contributed by atoms with Crippen molar-refractivity contribution in [1.29, 1.82) is 0 Å². The smallest absolute Gasteiger partial charge is 0.354 e. The van der Waals surface area contributed by atoms with Crippen LogP contribution >= 0.6 is 0 Å². The number of aromatic carboxylic acids is 1. The Balaban J connectivity index is 2.29. The van der Waals surface area contributed by atoms with Crippen molar-refractivity contribution in [3.05, 3.63) is 30.2 Å². The normalized spacial score (nSPS) is 12.5. The number of pyridine rings is 1. The lowest BCUT2D eigenvalue weighted by molar-refractivity contribution is 0.0685. The van der Waals surface area contributed by atoms with Crippen LogP contribution in [0.2, 0.25) is 0 Å². The van der Waals surface area contributed by atoms with Gasteiger partial charge in [0, 0.05) is 12.6 Å². The molecule has 0 saturated heterocycles. The predicted molar refractivity (Wildman–Crippen MR) is 97.8 cm³/mol. The van der Waals surface area contributed by atoms with Crippen LogP contribution in [0.25, 0.3) is 16.8 Å². The number of nitrogens with zero attached hydrogens (tertiary/aromatic N) is 4. The maximum atomic E-state index is 13.0. The molecule has 0 aromatic carbocycles. The third-order valence-electron chi connectivity index (χ3n) is 4.27. The first-order chi connectivity index (χ1) is 12.5. The van der Waals surface area contributed by atoms with E-state index in [4.69, 9.17) is 4.74 Å². The number of aromatic nitrogens is 4. The van der Waals surface area contributed by atoms with Gasteiger partial charge in [-0.2, -0.15) is 10.2 Å². The van der Waals surface area contributed by atoms with Crippen LogP contribution in [0, 0.1) is 0 Å². The highest BCUT2D eigenvalue weighted by Crippen LogP contribution is 2.35. The second kappa shape index (κ2) is 6.08. The molecule has 0 saturated carbocycles. The van der Waals surface area contributed by atoms with Crippen LogP contribution in [0.5, 0.6) is 5.75 Å². The predicted octanol–water partition coefficient (Wildman–Crippen LogP) is 2.01. The first kappa shape index (κ1) is 18.9. The van der Waals surface area contributed by atoms with E-state index in [0.29, 0.717) is 16.8 Å². The number of carboxylic acid groups (broad SMARTS) is 1. The molecule has 3 heterocycles. The van der Waals surface area contributed by atoms with Crippen molar-refractivity contribution in [3.63, 3.8) is 0 Å². The zero-order valence-corrected chi connectivity index (χ0v) is 16.4. The number of fused-ring (bicyclic) bond motifs is 1. The number of sulfone groups is 1. The summed E-state index contributed by atoms with van der Waals surface area (Å²) in [6, 6.07) is 2.90. The van der Waals surface area contributed by atoms with Gasteiger partial charge in [-0.05, 0) is 32.9 Å². The van der Waals surface area contributed by atoms with Crippen molar-refractivity contribution in [3.8, 4) is 17.0 Å². The Morgan fingerprint density at radius 1 is 1.26 bits per heavy atom. The number of rotatable bonds is 4. The van der Waals surface area contributed by atoms with Gasteiger partial charge in [-0.15, -0.1) is 0 Å². The van der Waals surface area contributed by atoms with Gasteiger partial charge in [0.2, 0.25) is 0 Å². The molecule has 0 radical (unpaired) electrons. The molecule has 0 bridgehead atoms. The van der Waals surface area contributed by atoms with Gasteiger partial charge in [-0.3, -0.25) is 4.68 Å². The van der Waals surface area contributed by atoms with Crippen LogP contribution in [-0.4, -0.2) is 50.7 Å². The summed E-state index contributed by atoms with van der Waals surface area (Å²) in [7, 11) is -0.771. The molecule has 9 nitrogen and oxygen atoms in total. The van der Waals surface area contributed by atoms with Gasteiger partial charge in [-0.25, -0.2) is 17.7 Å². The average molecular weight is 392 g/mol. The molecule has 0 spiro atoms. The fourth-order valence-corrected chi connectivity index (χ4v) is 4.01. The maximum Gasteiger partial charge on any atom is 0.354 e. The molecule has 0 fully saturated rings. The Morgan fingerprint density at radius 3 is 2.44 bits per heavy atom. The highest BCUT2D eigenvalue weighted by Gasteiger charge is 2.34. The highest BCUT2D eigenvalue weighted by molar-refractivity contribution is 7.92. The van der Waals surface area contributed by atoms with Crippen molar-refractivity contribution in [1.82, 2.24) is 19.4 Å². The van der Waals surface area contributed by atoms with Gasteiger partial charge < -0.3 is 9.84 Å². The third-order valence-corrected chi connectivity index (χ3v) is 6.79. The molecule has 0 aliphatic rings. The SMILES string of the molecule is COc1cn2ncc(-c3cc(C(=O)O)n(C)n3)c2cc1S(=O)(=O)C(C)(C)C. The quantitative estimate of drug-likeness (QED) is 0.722. The van der Waals surface area contributed by atoms with E-state index in [1.807, 2.05) is 0 Å². The number of ether oxygens (including phenoxy) is 1. The number of aryl methyl sites for hydroxylation is 1. The Hall–Kier alpha value is -2.88. The minimum Gasteiger partial charge on any atom is -0.494 e. The van der Waals surface area contributed by atoms with Crippen LogP contribution in [0.15, 0.2) is 29.4 Å². The lowest BCUT2D eigenvalue weighted by Crippen LogP contribution is -2.28. The van der Waals surface area contributed by atoms with Crippen LogP contribution in [0.1, 0.15) is 31.3 Å². The number of hydrogen-bond donors (Lipinski definition) is 1. The molecule has 0 unspecified atom stereocenters. The molecule has 10 heteroatoms. The standard InChI is InChI=1S/C17H20N4O5S/c1-17(2,3)27(24,25)15-7-12-10(8-18-21(12)9-14(15)26-5)11-6-13(16(22)23)20(4)19-11/h6-9H,1-5H3,(H,22,23). The molecule has 0 aliphatic heterocycles. The summed E-state index contributed by atoms with van der Waals surface area (Å²) in [5, 5.41) is 17.6. The lowest BCUT2D eigenvalue weighted by atomic mass is 10.2. The van der Waals surface area contributed by atoms with E-state index in [-0.39, 0.29) is 16.3 Å².